The number of nitrogens with one attached hydrogen (secondary N) is 1. The fourth-order valence-corrected chi connectivity index (χ4v) is 3.30. The Labute approximate surface area is 142 Å². The first-order valence-electron chi connectivity index (χ1n) is 8.36. The van der Waals surface area contributed by atoms with Crippen LogP contribution in [0.4, 0.5) is 0 Å². The van der Waals surface area contributed by atoms with E-state index in [0.717, 1.165) is 29.7 Å². The van der Waals surface area contributed by atoms with Crippen molar-refractivity contribution < 1.29 is 14.6 Å². The van der Waals surface area contributed by atoms with E-state index < -0.39 is 6.10 Å². The summed E-state index contributed by atoms with van der Waals surface area (Å²) >= 11 is 0. The van der Waals surface area contributed by atoms with Crippen molar-refractivity contribution >= 4 is 5.91 Å². The molecule has 4 nitrogen and oxygen atoms in total. The van der Waals surface area contributed by atoms with Crippen LogP contribution in [0.5, 0.6) is 5.75 Å². The van der Waals surface area contributed by atoms with Gasteiger partial charge in [-0.3, -0.25) is 4.79 Å². The molecule has 2 N–H and O–H groups in total. The molecule has 126 valence electrons. The minimum Gasteiger partial charge on any atom is -0.497 e. The second kappa shape index (κ2) is 7.49. The Balaban J connectivity index is 1.86. The van der Waals surface area contributed by atoms with Crippen LogP contribution in [0.2, 0.25) is 0 Å². The third-order valence-corrected chi connectivity index (χ3v) is 4.68. The maximum Gasteiger partial charge on any atom is 0.226 e. The fraction of sp³-hybridized carbons (Fsp3) is 0.350. The highest BCUT2D eigenvalue weighted by Crippen LogP contribution is 2.29. The average Bonchev–Trinajstić information content (AvgIpc) is 3.06. The van der Waals surface area contributed by atoms with Crippen LogP contribution in [0, 0.1) is 5.92 Å². The Hall–Kier alpha value is -2.33. The monoisotopic (exact) mass is 325 g/mol. The first-order valence-corrected chi connectivity index (χ1v) is 8.36. The molecule has 0 bridgehead atoms. The molecule has 1 amide bonds. The maximum absolute atomic E-state index is 12.6. The van der Waals surface area contributed by atoms with Gasteiger partial charge in [-0.25, -0.2) is 0 Å². The number of benzene rings is 2. The first-order chi connectivity index (χ1) is 11.7. The van der Waals surface area contributed by atoms with Crippen molar-refractivity contribution in [3.8, 4) is 5.75 Å². The summed E-state index contributed by atoms with van der Waals surface area (Å²) in [5, 5.41) is 13.1. The largest absolute Gasteiger partial charge is 0.497 e. The molecule has 4 heteroatoms. The van der Waals surface area contributed by atoms with Gasteiger partial charge in [-0.2, -0.15) is 0 Å². The van der Waals surface area contributed by atoms with Gasteiger partial charge in [-0.15, -0.1) is 0 Å². The van der Waals surface area contributed by atoms with Crippen LogP contribution in [-0.4, -0.2) is 24.2 Å². The summed E-state index contributed by atoms with van der Waals surface area (Å²) in [5.74, 6) is 0.391. The topological polar surface area (TPSA) is 58.6 Å². The van der Waals surface area contributed by atoms with Crippen LogP contribution in [0.15, 0.2) is 54.6 Å². The van der Waals surface area contributed by atoms with E-state index in [4.69, 9.17) is 4.74 Å². The quantitative estimate of drug-likeness (QED) is 0.888. The molecule has 3 rings (SSSR count). The van der Waals surface area contributed by atoms with Gasteiger partial charge in [0.05, 0.1) is 25.2 Å². The van der Waals surface area contributed by atoms with E-state index in [-0.39, 0.29) is 17.9 Å². The van der Waals surface area contributed by atoms with E-state index in [9.17, 15) is 9.90 Å². The van der Waals surface area contributed by atoms with Crippen LogP contribution in [0.1, 0.15) is 36.4 Å². The third kappa shape index (κ3) is 3.60. The molecule has 1 aliphatic rings. The highest BCUT2D eigenvalue weighted by molar-refractivity contribution is 5.80. The van der Waals surface area contributed by atoms with Crippen molar-refractivity contribution in [1.29, 1.82) is 0 Å². The van der Waals surface area contributed by atoms with Gasteiger partial charge in [0, 0.05) is 0 Å². The fourth-order valence-electron chi connectivity index (χ4n) is 3.30. The SMILES string of the molecule is COc1ccc(C(NC(=O)C2CCCC2O)c2ccccc2)cc1. The van der Waals surface area contributed by atoms with Gasteiger partial charge in [-0.1, -0.05) is 42.5 Å². The van der Waals surface area contributed by atoms with Gasteiger partial charge in [0.25, 0.3) is 0 Å². The van der Waals surface area contributed by atoms with Crippen molar-refractivity contribution in [2.45, 2.75) is 31.4 Å². The van der Waals surface area contributed by atoms with Gasteiger partial charge in [0.2, 0.25) is 5.91 Å². The lowest BCUT2D eigenvalue weighted by molar-refractivity contribution is -0.128. The Morgan fingerprint density at radius 3 is 2.33 bits per heavy atom. The lowest BCUT2D eigenvalue weighted by Gasteiger charge is -2.23. The van der Waals surface area contributed by atoms with Gasteiger partial charge in [0.1, 0.15) is 5.75 Å². The van der Waals surface area contributed by atoms with Crippen LogP contribution in [0.3, 0.4) is 0 Å². The molecule has 2 aromatic carbocycles. The average molecular weight is 325 g/mol. The highest BCUT2D eigenvalue weighted by atomic mass is 16.5. The Morgan fingerprint density at radius 2 is 1.75 bits per heavy atom. The second-order valence-corrected chi connectivity index (χ2v) is 6.23. The molecule has 0 saturated heterocycles. The number of ether oxygens (including phenoxy) is 1. The normalized spacial score (nSPS) is 21.2. The zero-order chi connectivity index (χ0) is 16.9. The zero-order valence-corrected chi connectivity index (χ0v) is 13.8. The number of rotatable bonds is 5. The van der Waals surface area contributed by atoms with Gasteiger partial charge in [-0.05, 0) is 42.5 Å². The highest BCUT2D eigenvalue weighted by Gasteiger charge is 2.32. The summed E-state index contributed by atoms with van der Waals surface area (Å²) < 4.78 is 5.21. The molecule has 0 heterocycles. The molecule has 0 spiro atoms. The van der Waals surface area contributed by atoms with Gasteiger partial charge >= 0.3 is 0 Å². The standard InChI is InChI=1S/C20H23NO3/c1-24-16-12-10-15(11-13-16)19(14-6-3-2-4-7-14)21-20(23)17-8-5-9-18(17)22/h2-4,6-7,10-13,17-19,22H,5,8-9H2,1H3,(H,21,23). The molecule has 3 unspecified atom stereocenters. The smallest absolute Gasteiger partial charge is 0.226 e. The molecule has 1 saturated carbocycles. The second-order valence-electron chi connectivity index (χ2n) is 6.23. The van der Waals surface area contributed by atoms with E-state index in [2.05, 4.69) is 5.32 Å². The van der Waals surface area contributed by atoms with Crippen LogP contribution >= 0.6 is 0 Å². The van der Waals surface area contributed by atoms with E-state index in [1.165, 1.54) is 0 Å². The van der Waals surface area contributed by atoms with Crippen molar-refractivity contribution in [2.24, 2.45) is 5.92 Å². The van der Waals surface area contributed by atoms with E-state index in [0.29, 0.717) is 6.42 Å². The molecule has 0 aliphatic heterocycles. The Kier molecular flexibility index (Phi) is 5.16. The Morgan fingerprint density at radius 1 is 1.08 bits per heavy atom. The van der Waals surface area contributed by atoms with Crippen LogP contribution < -0.4 is 10.1 Å². The molecular formula is C20H23NO3. The number of hydrogen-bond acceptors (Lipinski definition) is 3. The minimum atomic E-state index is -0.530. The number of carbonyl (C=O) groups excluding carboxylic acids is 1. The van der Waals surface area contributed by atoms with Crippen LogP contribution in [0.25, 0.3) is 0 Å². The number of aliphatic hydroxyl groups excluding tert-OH is 1. The lowest BCUT2D eigenvalue weighted by atomic mass is 9.96. The molecule has 3 atom stereocenters. The number of aliphatic hydroxyl groups is 1. The summed E-state index contributed by atoms with van der Waals surface area (Å²) in [6, 6.07) is 17.3. The Bertz CT molecular complexity index is 669. The van der Waals surface area contributed by atoms with Crippen molar-refractivity contribution in [1.82, 2.24) is 5.32 Å². The number of methoxy groups -OCH3 is 1. The van der Waals surface area contributed by atoms with Gasteiger partial charge in [0.15, 0.2) is 0 Å². The summed E-state index contributed by atoms with van der Waals surface area (Å²) in [7, 11) is 1.63. The number of amides is 1. The predicted molar refractivity (Wildman–Crippen MR) is 92.8 cm³/mol. The first kappa shape index (κ1) is 16.5. The molecular weight excluding hydrogens is 302 g/mol. The van der Waals surface area contributed by atoms with Crippen molar-refractivity contribution in [3.63, 3.8) is 0 Å². The lowest BCUT2D eigenvalue weighted by Crippen LogP contribution is -2.37. The molecule has 0 aromatic heterocycles. The minimum absolute atomic E-state index is 0.0790. The van der Waals surface area contributed by atoms with Crippen LogP contribution in [-0.2, 0) is 4.79 Å². The van der Waals surface area contributed by atoms with Crippen molar-refractivity contribution in [3.05, 3.63) is 65.7 Å². The summed E-state index contributed by atoms with van der Waals surface area (Å²) in [4.78, 5) is 12.6. The third-order valence-electron chi connectivity index (χ3n) is 4.68. The molecule has 1 aliphatic carbocycles. The molecule has 1 fully saturated rings. The van der Waals surface area contributed by atoms with Crippen molar-refractivity contribution in [2.75, 3.05) is 7.11 Å². The summed E-state index contributed by atoms with van der Waals surface area (Å²) in [6.07, 6.45) is 1.82. The summed E-state index contributed by atoms with van der Waals surface area (Å²) in [5.41, 5.74) is 2.01. The molecule has 0 radical (unpaired) electrons. The maximum atomic E-state index is 12.6. The summed E-state index contributed by atoms with van der Waals surface area (Å²) in [6.45, 7) is 0. The molecule has 2 aromatic rings. The predicted octanol–water partition coefficient (Wildman–Crippen LogP) is 3.06. The number of carbonyl (C=O) groups is 1. The van der Waals surface area contributed by atoms with E-state index in [1.54, 1.807) is 7.11 Å². The molecule has 24 heavy (non-hydrogen) atoms. The number of hydrogen-bond donors (Lipinski definition) is 2. The zero-order valence-electron chi connectivity index (χ0n) is 13.8. The van der Waals surface area contributed by atoms with Gasteiger partial charge < -0.3 is 15.2 Å². The van der Waals surface area contributed by atoms with E-state index in [1.807, 2.05) is 54.6 Å². The van der Waals surface area contributed by atoms with E-state index >= 15 is 0 Å².